The van der Waals surface area contributed by atoms with E-state index >= 15 is 0 Å². The third kappa shape index (κ3) is 2.68. The van der Waals surface area contributed by atoms with Gasteiger partial charge in [-0.1, -0.05) is 0 Å². The van der Waals surface area contributed by atoms with Crippen molar-refractivity contribution in [2.24, 2.45) is 0 Å². The molecule has 0 saturated heterocycles. The van der Waals surface area contributed by atoms with E-state index in [1.807, 2.05) is 0 Å². The average Bonchev–Trinajstić information content (AvgIpc) is 1.80. The predicted molar refractivity (Wildman–Crippen MR) is 46.8 cm³/mol. The van der Waals surface area contributed by atoms with Crippen LogP contribution in [0.15, 0.2) is 0 Å². The van der Waals surface area contributed by atoms with Crippen LogP contribution in [0.25, 0.3) is 0 Å². The monoisotopic (exact) mass is 180 g/mol. The zero-order valence-corrected chi connectivity index (χ0v) is 8.71. The fourth-order valence-electron chi connectivity index (χ4n) is 0.545. The number of nitrogens with zero attached hydrogens (tertiary/aromatic N) is 2. The van der Waals surface area contributed by atoms with Crippen molar-refractivity contribution in [3.63, 3.8) is 0 Å². The van der Waals surface area contributed by atoms with Gasteiger partial charge in [0.05, 0.1) is 0 Å². The lowest BCUT2D eigenvalue weighted by molar-refractivity contribution is -1.02. The molecule has 0 aromatic carbocycles. The number of azo groups is 1. The van der Waals surface area contributed by atoms with Crippen molar-refractivity contribution in [3.8, 4) is 0 Å². The summed E-state index contributed by atoms with van der Waals surface area (Å²) in [6.45, 7) is 10.2. The lowest BCUT2D eigenvalue weighted by atomic mass is 10.5. The SMILES string of the molecule is [13CH3]C([13CH3])([13CH3])/[N+]([O-])=[N+](\[O-])C([13CH3])([13CH3])[13CH3]. The third-order valence-electron chi connectivity index (χ3n) is 1.31. The van der Waals surface area contributed by atoms with Crippen LogP contribution in [0.1, 0.15) is 41.5 Å². The zero-order valence-electron chi connectivity index (χ0n) is 8.71. The van der Waals surface area contributed by atoms with Crippen LogP contribution in [0, 0.1) is 10.4 Å². The summed E-state index contributed by atoms with van der Waals surface area (Å²) in [7, 11) is 0. The summed E-state index contributed by atoms with van der Waals surface area (Å²) in [5.74, 6) is 0. The van der Waals surface area contributed by atoms with Crippen molar-refractivity contribution in [2.75, 3.05) is 0 Å². The molecule has 72 valence electrons. The van der Waals surface area contributed by atoms with E-state index in [4.69, 9.17) is 0 Å². The summed E-state index contributed by atoms with van der Waals surface area (Å²) in [4.78, 5) is 0.931. The van der Waals surface area contributed by atoms with Crippen LogP contribution in [0.3, 0.4) is 0 Å². The van der Waals surface area contributed by atoms with E-state index in [-0.39, 0.29) is 0 Å². The minimum Gasteiger partial charge on any atom is -0.567 e. The van der Waals surface area contributed by atoms with Gasteiger partial charge in [0.15, 0.2) is 0 Å². The van der Waals surface area contributed by atoms with Gasteiger partial charge in [-0.25, -0.2) is 0 Å². The van der Waals surface area contributed by atoms with Crippen LogP contribution in [0.4, 0.5) is 0 Å². The molecule has 0 amide bonds. The van der Waals surface area contributed by atoms with Crippen LogP contribution in [-0.2, 0) is 0 Å². The average molecular weight is 180 g/mol. The maximum atomic E-state index is 11.3. The molecule has 0 atom stereocenters. The van der Waals surface area contributed by atoms with E-state index in [0.29, 0.717) is 9.72 Å². The molecule has 0 fully saturated rings. The second kappa shape index (κ2) is 2.92. The van der Waals surface area contributed by atoms with Crippen LogP contribution < -0.4 is 0 Å². The van der Waals surface area contributed by atoms with E-state index in [2.05, 4.69) is 0 Å². The molecular formula is C8H18N2O2. The first-order valence-electron chi connectivity index (χ1n) is 4.01. The van der Waals surface area contributed by atoms with Crippen molar-refractivity contribution in [1.29, 1.82) is 0 Å². The molecule has 0 N–H and O–H groups in total. The fourth-order valence-corrected chi connectivity index (χ4v) is 0.545. The van der Waals surface area contributed by atoms with Crippen LogP contribution >= 0.6 is 0 Å². The standard InChI is InChI=1S/C8H18N2O2/c1-7(2,3)9(11)10(12)8(4,5)6/h1-6H3/b10-9+/i1+1,2+1,3+1,4+1,5+1,6+1. The Bertz CT molecular complexity index is 174. The third-order valence-corrected chi connectivity index (χ3v) is 1.31. The molecule has 0 aromatic rings. The van der Waals surface area contributed by atoms with E-state index in [0.717, 1.165) is 0 Å². The Labute approximate surface area is 73.7 Å². The Hall–Kier alpha value is -0.800. The minimum absolute atomic E-state index is 0.465. The molecule has 0 rings (SSSR count). The zero-order chi connectivity index (χ0) is 10.2. The Kier molecular flexibility index (Phi) is 2.72. The maximum absolute atomic E-state index is 11.3. The van der Waals surface area contributed by atoms with Gasteiger partial charge in [0.2, 0.25) is 11.1 Å². The van der Waals surface area contributed by atoms with Crippen molar-refractivity contribution < 1.29 is 9.72 Å². The number of rotatable bonds is 0. The van der Waals surface area contributed by atoms with Gasteiger partial charge in [0.1, 0.15) is 0 Å². The topological polar surface area (TPSA) is 52.1 Å². The highest BCUT2D eigenvalue weighted by molar-refractivity contribution is 4.56. The largest absolute Gasteiger partial charge is 0.567 e. The predicted octanol–water partition coefficient (Wildman–Crippen LogP) is 2.06. The minimum atomic E-state index is -0.672. The Morgan fingerprint density at radius 2 is 0.833 bits per heavy atom. The summed E-state index contributed by atoms with van der Waals surface area (Å²) >= 11 is 0. The molecule has 4 nitrogen and oxygen atoms in total. The van der Waals surface area contributed by atoms with Crippen molar-refractivity contribution in [1.82, 2.24) is 0 Å². The molecule has 4 heteroatoms. The van der Waals surface area contributed by atoms with Crippen molar-refractivity contribution in [2.45, 2.75) is 52.6 Å². The lowest BCUT2D eigenvalue weighted by Crippen LogP contribution is -2.42. The molecule has 0 aromatic heterocycles. The van der Waals surface area contributed by atoms with Gasteiger partial charge in [-0.05, 0) is 0 Å². The van der Waals surface area contributed by atoms with E-state index in [1.54, 1.807) is 41.5 Å². The molecule has 0 aliphatic carbocycles. The smallest absolute Gasteiger partial charge is 0.230 e. The van der Waals surface area contributed by atoms with Crippen LogP contribution in [0.5, 0.6) is 0 Å². The molecule has 0 bridgehead atoms. The molecule has 0 aliphatic rings. The van der Waals surface area contributed by atoms with E-state index in [1.165, 1.54) is 0 Å². The molecule has 0 heterocycles. The van der Waals surface area contributed by atoms with Gasteiger partial charge in [-0.15, -0.1) is 0 Å². The van der Waals surface area contributed by atoms with Crippen molar-refractivity contribution >= 4 is 0 Å². The number of hydrogen-bond acceptors (Lipinski definition) is 2. The van der Waals surface area contributed by atoms with Crippen LogP contribution in [0.2, 0.25) is 0 Å². The number of hydrogen-bond donors (Lipinski definition) is 0. The normalized spacial score (nSPS) is 15.8. The summed E-state index contributed by atoms with van der Waals surface area (Å²) in [6.07, 6.45) is 0. The van der Waals surface area contributed by atoms with Crippen molar-refractivity contribution in [3.05, 3.63) is 10.4 Å². The highest BCUT2D eigenvalue weighted by atomic mass is 16.6. The number of hydroxylamine groups is 2. The van der Waals surface area contributed by atoms with E-state index in [9.17, 15) is 10.4 Å². The quantitative estimate of drug-likeness (QED) is 0.248. The first-order valence-corrected chi connectivity index (χ1v) is 4.01. The van der Waals surface area contributed by atoms with Gasteiger partial charge in [0, 0.05) is 51.3 Å². The molecule has 0 radical (unpaired) electrons. The second-order valence-corrected chi connectivity index (χ2v) is 4.89. The summed E-state index contributed by atoms with van der Waals surface area (Å²) < 4.78 is 0. The fraction of sp³-hybridized carbons (Fsp3) is 1.00. The van der Waals surface area contributed by atoms with E-state index < -0.39 is 11.1 Å². The second-order valence-electron chi connectivity index (χ2n) is 4.89. The van der Waals surface area contributed by atoms with Gasteiger partial charge in [-0.2, -0.15) is 0 Å². The highest BCUT2D eigenvalue weighted by Gasteiger charge is 2.34. The molecule has 12 heavy (non-hydrogen) atoms. The first-order chi connectivity index (χ1) is 5.07. The maximum Gasteiger partial charge on any atom is 0.230 e. The molecule has 0 aliphatic heterocycles. The summed E-state index contributed by atoms with van der Waals surface area (Å²) in [6, 6.07) is 0. The summed E-state index contributed by atoms with van der Waals surface area (Å²) in [5.41, 5.74) is -1.34. The molecular weight excluding hydrogens is 162 g/mol. The lowest BCUT2D eigenvalue weighted by Gasteiger charge is -2.20. The molecule has 0 spiro atoms. The van der Waals surface area contributed by atoms with Crippen LogP contribution in [-0.4, -0.2) is 20.8 Å². The first kappa shape index (κ1) is 11.2. The van der Waals surface area contributed by atoms with Gasteiger partial charge in [-0.3, -0.25) is 0 Å². The molecule has 0 saturated carbocycles. The summed E-state index contributed by atoms with van der Waals surface area (Å²) in [5, 5.41) is 22.7. The Morgan fingerprint density at radius 1 is 0.667 bits per heavy atom. The van der Waals surface area contributed by atoms with Gasteiger partial charge < -0.3 is 10.4 Å². The van der Waals surface area contributed by atoms with Gasteiger partial charge >= 0.3 is 0 Å². The highest BCUT2D eigenvalue weighted by Crippen LogP contribution is 2.12. The molecule has 0 unspecified atom stereocenters. The van der Waals surface area contributed by atoms with Gasteiger partial charge in [0.25, 0.3) is 0 Å². The Morgan fingerprint density at radius 3 is 0.917 bits per heavy atom. The Balaban J connectivity index is 4.96.